The fourth-order valence-electron chi connectivity index (χ4n) is 3.89. The minimum Gasteiger partial charge on any atom is -0.459 e. The van der Waals surface area contributed by atoms with Crippen molar-refractivity contribution in [3.05, 3.63) is 108 Å². The summed E-state index contributed by atoms with van der Waals surface area (Å²) in [5.41, 5.74) is 2.33. The number of urea groups is 1. The van der Waals surface area contributed by atoms with Gasteiger partial charge in [-0.2, -0.15) is 0 Å². The molecule has 34 heavy (non-hydrogen) atoms. The monoisotopic (exact) mass is 460 g/mol. The highest BCUT2D eigenvalue weighted by Gasteiger charge is 2.52. The van der Waals surface area contributed by atoms with Crippen molar-refractivity contribution in [3.8, 4) is 0 Å². The quantitative estimate of drug-likeness (QED) is 0.505. The van der Waals surface area contributed by atoms with E-state index in [0.717, 1.165) is 16.7 Å². The van der Waals surface area contributed by atoms with E-state index in [-0.39, 0.29) is 19.7 Å². The predicted molar refractivity (Wildman–Crippen MR) is 122 cm³/mol. The Labute approximate surface area is 196 Å². The first-order chi connectivity index (χ1) is 16.5. The molecular weight excluding hydrogens is 436 g/mol. The normalized spacial score (nSPS) is 17.5. The fraction of sp³-hybridized carbons (Fsp3) is 0.192. The molecule has 2 atom stereocenters. The predicted octanol–water partition coefficient (Wildman–Crippen LogP) is 4.26. The van der Waals surface area contributed by atoms with Gasteiger partial charge in [0.1, 0.15) is 6.61 Å². The molecule has 2 amide bonds. The molecule has 8 heteroatoms. The summed E-state index contributed by atoms with van der Waals surface area (Å²) in [6.45, 7) is 0.156. The molecule has 8 nitrogen and oxygen atoms in total. The van der Waals surface area contributed by atoms with Crippen molar-refractivity contribution in [3.63, 3.8) is 0 Å². The number of hydrogen-bond donors (Lipinski definition) is 1. The molecule has 174 valence electrons. The van der Waals surface area contributed by atoms with E-state index in [2.05, 4.69) is 0 Å². The maximum atomic E-state index is 13.5. The van der Waals surface area contributed by atoms with Crippen LogP contribution in [0.1, 0.15) is 16.7 Å². The van der Waals surface area contributed by atoms with E-state index in [0.29, 0.717) is 0 Å². The largest absolute Gasteiger partial charge is 0.507 e. The topological polar surface area (TPSA) is 96.4 Å². The van der Waals surface area contributed by atoms with Crippen LogP contribution < -0.4 is 0 Å². The summed E-state index contributed by atoms with van der Waals surface area (Å²) in [6, 6.07) is 25.6. The second-order valence-electron chi connectivity index (χ2n) is 7.82. The van der Waals surface area contributed by atoms with Crippen LogP contribution in [0.25, 0.3) is 0 Å². The van der Waals surface area contributed by atoms with Gasteiger partial charge in [-0.25, -0.2) is 14.4 Å². The van der Waals surface area contributed by atoms with Crippen molar-refractivity contribution in [1.82, 2.24) is 9.80 Å². The van der Waals surface area contributed by atoms with Gasteiger partial charge in [0, 0.05) is 6.54 Å². The maximum Gasteiger partial charge on any atom is 0.507 e. The summed E-state index contributed by atoms with van der Waals surface area (Å²) < 4.78 is 10.6. The van der Waals surface area contributed by atoms with Gasteiger partial charge < -0.3 is 19.5 Å². The molecule has 1 saturated heterocycles. The maximum absolute atomic E-state index is 13.5. The van der Waals surface area contributed by atoms with E-state index in [9.17, 15) is 19.5 Å². The van der Waals surface area contributed by atoms with Crippen molar-refractivity contribution in [2.24, 2.45) is 0 Å². The molecular formula is C26H24N2O6. The van der Waals surface area contributed by atoms with Gasteiger partial charge in [-0.1, -0.05) is 91.0 Å². The third-order valence-electron chi connectivity index (χ3n) is 5.48. The minimum absolute atomic E-state index is 0.0119. The van der Waals surface area contributed by atoms with E-state index < -0.39 is 30.4 Å². The van der Waals surface area contributed by atoms with Crippen LogP contribution in [0.3, 0.4) is 0 Å². The first kappa shape index (κ1) is 22.8. The van der Waals surface area contributed by atoms with Crippen molar-refractivity contribution in [1.29, 1.82) is 0 Å². The Morgan fingerprint density at radius 3 is 1.71 bits per heavy atom. The number of ether oxygens (including phenoxy) is 2. The second kappa shape index (κ2) is 10.5. The van der Waals surface area contributed by atoms with Crippen LogP contribution in [0.5, 0.6) is 0 Å². The van der Waals surface area contributed by atoms with Gasteiger partial charge in [0.2, 0.25) is 6.23 Å². The van der Waals surface area contributed by atoms with E-state index in [1.165, 1.54) is 9.80 Å². The Morgan fingerprint density at radius 1 is 0.735 bits per heavy atom. The summed E-state index contributed by atoms with van der Waals surface area (Å²) in [7, 11) is 0. The molecule has 1 N–H and O–H groups in total. The van der Waals surface area contributed by atoms with Gasteiger partial charge in [-0.05, 0) is 16.7 Å². The average Bonchev–Trinajstić information content (AvgIpc) is 3.09. The Balaban J connectivity index is 1.64. The zero-order valence-corrected chi connectivity index (χ0v) is 18.3. The van der Waals surface area contributed by atoms with Gasteiger partial charge in [0.05, 0.1) is 6.54 Å². The van der Waals surface area contributed by atoms with E-state index in [1.807, 2.05) is 91.0 Å². The molecule has 1 aliphatic rings. The molecule has 1 fully saturated rings. The van der Waals surface area contributed by atoms with Gasteiger partial charge >= 0.3 is 18.2 Å². The van der Waals surface area contributed by atoms with Crippen molar-refractivity contribution in [2.45, 2.75) is 32.0 Å². The zero-order chi connectivity index (χ0) is 23.9. The molecule has 0 aromatic heterocycles. The van der Waals surface area contributed by atoms with Crippen molar-refractivity contribution in [2.75, 3.05) is 0 Å². The number of rotatable bonds is 8. The molecule has 3 aromatic carbocycles. The van der Waals surface area contributed by atoms with Gasteiger partial charge in [0.15, 0.2) is 6.04 Å². The first-order valence-corrected chi connectivity index (χ1v) is 10.8. The zero-order valence-electron chi connectivity index (χ0n) is 18.3. The van der Waals surface area contributed by atoms with Crippen LogP contribution >= 0.6 is 0 Å². The average molecular weight is 460 g/mol. The molecule has 0 bridgehead atoms. The summed E-state index contributed by atoms with van der Waals surface area (Å²) in [5, 5.41) is 9.40. The van der Waals surface area contributed by atoms with Crippen LogP contribution in [0.4, 0.5) is 9.59 Å². The lowest BCUT2D eigenvalue weighted by molar-refractivity contribution is -0.155. The number of carbonyl (C=O) groups is 3. The number of esters is 1. The van der Waals surface area contributed by atoms with E-state index in [4.69, 9.17) is 9.47 Å². The van der Waals surface area contributed by atoms with Gasteiger partial charge in [0.25, 0.3) is 0 Å². The lowest BCUT2D eigenvalue weighted by Gasteiger charge is -2.25. The molecule has 4 rings (SSSR count). The fourth-order valence-corrected chi connectivity index (χ4v) is 3.89. The first-order valence-electron chi connectivity index (χ1n) is 10.8. The SMILES string of the molecule is O=C(O)O[C@@H]1[C@H](C(=O)OCc2ccccc2)N(Cc2ccccc2)C(=O)N1Cc1ccccc1. The summed E-state index contributed by atoms with van der Waals surface area (Å²) in [6.07, 6.45) is -2.95. The van der Waals surface area contributed by atoms with Crippen LogP contribution in [0, 0.1) is 0 Å². The highest BCUT2D eigenvalue weighted by atomic mass is 16.7. The lowest BCUT2D eigenvalue weighted by Crippen LogP contribution is -2.46. The van der Waals surface area contributed by atoms with Gasteiger partial charge in [-0.3, -0.25) is 4.90 Å². The van der Waals surface area contributed by atoms with Crippen molar-refractivity contribution >= 4 is 18.2 Å². The highest BCUT2D eigenvalue weighted by molar-refractivity contribution is 5.88. The molecule has 1 heterocycles. The third-order valence-corrected chi connectivity index (χ3v) is 5.48. The van der Waals surface area contributed by atoms with Gasteiger partial charge in [-0.15, -0.1) is 0 Å². The number of nitrogens with zero attached hydrogens (tertiary/aromatic N) is 2. The van der Waals surface area contributed by atoms with Crippen LogP contribution in [0.2, 0.25) is 0 Å². The van der Waals surface area contributed by atoms with E-state index in [1.54, 1.807) is 0 Å². The van der Waals surface area contributed by atoms with Crippen molar-refractivity contribution < 1.29 is 29.0 Å². The third kappa shape index (κ3) is 5.35. The summed E-state index contributed by atoms with van der Waals surface area (Å²) >= 11 is 0. The van der Waals surface area contributed by atoms with Crippen LogP contribution in [0.15, 0.2) is 91.0 Å². The van der Waals surface area contributed by atoms with Crippen LogP contribution in [-0.2, 0) is 34.0 Å². The molecule has 1 aliphatic heterocycles. The van der Waals surface area contributed by atoms with Crippen LogP contribution in [-0.4, -0.2) is 45.3 Å². The summed E-state index contributed by atoms with van der Waals surface area (Å²) in [5.74, 6) is -0.741. The smallest absolute Gasteiger partial charge is 0.459 e. The molecule has 0 spiro atoms. The molecule has 0 aliphatic carbocycles. The lowest BCUT2D eigenvalue weighted by atomic mass is 10.1. The summed E-state index contributed by atoms with van der Waals surface area (Å²) in [4.78, 5) is 40.8. The molecule has 3 aromatic rings. The Kier molecular flexibility index (Phi) is 7.07. The number of carboxylic acid groups (broad SMARTS) is 1. The minimum atomic E-state index is -1.58. The number of amides is 2. The number of benzene rings is 3. The molecule has 0 saturated carbocycles. The Bertz CT molecular complexity index is 1120. The highest BCUT2D eigenvalue weighted by Crippen LogP contribution is 2.29. The molecule has 0 radical (unpaired) electrons. The number of hydrogen-bond acceptors (Lipinski definition) is 5. The standard InChI is InChI=1S/C26H24N2O6/c29-24(33-18-21-14-8-3-9-15-21)22-23(34-26(31)32)28(17-20-12-6-2-7-13-20)25(30)27(22)16-19-10-4-1-5-11-19/h1-15,22-23H,16-18H2,(H,31,32)/t22-,23-/m1/s1. The number of carbonyl (C=O) groups excluding carboxylic acids is 2. The second-order valence-corrected chi connectivity index (χ2v) is 7.82. The molecule has 0 unspecified atom stereocenters. The Morgan fingerprint density at radius 2 is 1.21 bits per heavy atom. The Hall–Kier alpha value is -4.33. The van der Waals surface area contributed by atoms with E-state index >= 15 is 0 Å².